The van der Waals surface area contributed by atoms with Gasteiger partial charge in [-0.3, -0.25) is 0 Å². The van der Waals surface area contributed by atoms with Crippen molar-refractivity contribution in [2.45, 2.75) is 217 Å². The predicted molar refractivity (Wildman–Crippen MR) is 297 cm³/mol. The minimum atomic E-state index is -3.15. The van der Waals surface area contributed by atoms with E-state index in [0.717, 1.165) is 0 Å². The van der Waals surface area contributed by atoms with Gasteiger partial charge < -0.3 is 229 Å². The summed E-state index contributed by atoms with van der Waals surface area (Å²) in [5.41, 5.74) is 0. The smallest absolute Gasteiger partial charge is 0.222 e. The maximum Gasteiger partial charge on any atom is 0.222 e. The second-order valence-electron chi connectivity index (χ2n) is 25.8. The van der Waals surface area contributed by atoms with Crippen LogP contribution in [0.2, 0.25) is 0 Å². The van der Waals surface area contributed by atoms with Gasteiger partial charge >= 0.3 is 0 Å². The van der Waals surface area contributed by atoms with Crippen LogP contribution in [-0.4, -0.2) is 484 Å². The molecule has 1 unspecified atom stereocenters. The molecule has 29 N–H and O–H groups in total. The normalized spacial score (nSPS) is 52.6. The third-order valence-corrected chi connectivity index (χ3v) is 19.6. The third-order valence-electron chi connectivity index (χ3n) is 19.6. The lowest BCUT2D eigenvalue weighted by Crippen LogP contribution is -2.61. The van der Waals surface area contributed by atoms with E-state index in [9.17, 15) is 148 Å². The summed E-state index contributed by atoms with van der Waals surface area (Å²) < 4.78 is 98.7. The SMILES string of the molecule is OC[C@@H]1OC(CO[C@@]2(CO[C@@]3(CO[C@@]4(CO)O[C@@H](CO)[C@H](O)[C@@H]4O)O[C@@H](CO)[C@H](O)[C@@H]3O)O[C@@H](CO)[C@H](O)[C@@H]2O)(OC[C@]2(OC[C@]3(OC[C@]4(OC[C@]5(OC[C@]6(O)O[C@@H](CO)[C@H](O)[C@@H]6O)O[C@@H](CO)[C@H](O)[C@@H]5O)O[C@@H](CO)[C@H](O)[C@@H]4O)O[C@@H](CO)[C@H](O)[C@@H]3O)O[C@@H](CO)[C@H](O)[C@@H]2O)[C@@H](O)[C@H]1O. The van der Waals surface area contributed by atoms with Crippen molar-refractivity contribution in [1.82, 2.24) is 0 Å². The molecular formula is C54H92O46. The fourth-order valence-electron chi connectivity index (χ4n) is 13.2. The summed E-state index contributed by atoms with van der Waals surface area (Å²) in [6.07, 6.45) is -57.3. The highest BCUT2D eigenvalue weighted by molar-refractivity contribution is 5.08. The van der Waals surface area contributed by atoms with Crippen molar-refractivity contribution in [1.29, 1.82) is 0 Å². The van der Waals surface area contributed by atoms with Crippen LogP contribution in [0.25, 0.3) is 0 Å². The van der Waals surface area contributed by atoms with E-state index >= 15 is 0 Å². The van der Waals surface area contributed by atoms with Crippen LogP contribution in [0.4, 0.5) is 0 Å². The van der Waals surface area contributed by atoms with Gasteiger partial charge in [-0.2, -0.15) is 0 Å². The standard InChI is InChI=1S/C54H92O46/c55-1-19-28(65)37(74)46(83,92-19)11-84-48(39(76)30(67)21(3-57)94-48)13-86-50(41(78)32(69)23(5-59)96-50)15-88-52(43(80)34(71)25(7-61)98-52)17-90-54(45(82)36(73)27(9-63)100-54)18-91-53(44(81)35(72)26(8-62)99-53)16-89-51(42(79)33(70)24(6-60)97-51)14-87-49(40(77)31(68)22(4-58)95-49)12-85-47(10-64)38(75)29(66)20(2-56)93-47/h19-45,55-83H,1-18H2/t19-,20-,21-,22-,23-,24-,25-,26-,27-,28-,29-,30-,31-,32-,33-,34-,35-,36-,37-,38-,39-,40-,41-,42-,43-,44-,45-,46-,47-,48-,49-,50-,51-,52-,53?,54-/m0/s1. The van der Waals surface area contributed by atoms with Crippen LogP contribution in [0.15, 0.2) is 0 Å². The Balaban J connectivity index is 1.02. The Morgan fingerprint density at radius 2 is 0.330 bits per heavy atom. The molecule has 9 fully saturated rings. The van der Waals surface area contributed by atoms with Gasteiger partial charge in [0.05, 0.1) is 59.5 Å². The van der Waals surface area contributed by atoms with E-state index in [4.69, 9.17) is 80.5 Å². The Hall–Kier alpha value is -1.84. The molecule has 0 radical (unpaired) electrons. The lowest BCUT2D eigenvalue weighted by molar-refractivity contribution is -0.394. The van der Waals surface area contributed by atoms with Crippen LogP contribution in [0.1, 0.15) is 0 Å². The van der Waals surface area contributed by atoms with E-state index in [1.54, 1.807) is 0 Å². The van der Waals surface area contributed by atoms with E-state index < -0.39 is 336 Å². The first kappa shape index (κ1) is 82.2. The molecular weight excluding hydrogens is 1380 g/mol. The van der Waals surface area contributed by atoms with Crippen molar-refractivity contribution in [2.24, 2.45) is 0 Å². The molecule has 584 valence electrons. The van der Waals surface area contributed by atoms with Gasteiger partial charge in [-0.25, -0.2) is 0 Å². The van der Waals surface area contributed by atoms with Gasteiger partial charge in [0.25, 0.3) is 0 Å². The number of hydrogen-bond donors (Lipinski definition) is 29. The first-order chi connectivity index (χ1) is 47.1. The minimum absolute atomic E-state index is 0.949. The van der Waals surface area contributed by atoms with Gasteiger partial charge in [0, 0.05) is 0 Å². The Morgan fingerprint density at radius 3 is 0.490 bits per heavy atom. The van der Waals surface area contributed by atoms with Crippen molar-refractivity contribution in [3.8, 4) is 0 Å². The number of hydrogen-bond acceptors (Lipinski definition) is 46. The average Bonchev–Trinajstić information content (AvgIpc) is 1.59. The fourth-order valence-corrected chi connectivity index (χ4v) is 13.2. The highest BCUT2D eigenvalue weighted by Crippen LogP contribution is 2.47. The van der Waals surface area contributed by atoms with E-state index in [2.05, 4.69) is 0 Å². The van der Waals surface area contributed by atoms with Crippen LogP contribution in [0.3, 0.4) is 0 Å². The molecule has 0 spiro atoms. The topological polar surface area (TPSA) is 744 Å². The maximum absolute atomic E-state index is 11.9. The van der Waals surface area contributed by atoms with Gasteiger partial charge in [-0.15, -0.1) is 0 Å². The Labute approximate surface area is 563 Å². The Morgan fingerprint density at radius 1 is 0.190 bits per heavy atom. The first-order valence-corrected chi connectivity index (χ1v) is 31.4. The lowest BCUT2D eigenvalue weighted by atomic mass is 10.0. The van der Waals surface area contributed by atoms with Crippen LogP contribution in [0.5, 0.6) is 0 Å². The van der Waals surface area contributed by atoms with Crippen molar-refractivity contribution in [3.05, 3.63) is 0 Å². The summed E-state index contributed by atoms with van der Waals surface area (Å²) in [6.45, 7) is -22.8. The highest BCUT2D eigenvalue weighted by Gasteiger charge is 2.69. The predicted octanol–water partition coefficient (Wildman–Crippen LogP) is -20.6. The van der Waals surface area contributed by atoms with Crippen molar-refractivity contribution >= 4 is 0 Å². The number of rotatable bonds is 34. The molecule has 0 aliphatic carbocycles. The molecule has 0 aromatic rings. The van der Waals surface area contributed by atoms with Crippen molar-refractivity contribution < 1.29 is 229 Å². The zero-order chi connectivity index (χ0) is 73.8. The maximum atomic E-state index is 11.9. The first-order valence-electron chi connectivity index (χ1n) is 31.4. The molecule has 36 atom stereocenters. The van der Waals surface area contributed by atoms with Gasteiger partial charge in [-0.1, -0.05) is 0 Å². The quantitative estimate of drug-likeness (QED) is 0.0284. The monoisotopic (exact) mass is 1480 g/mol. The average molecular weight is 1480 g/mol. The lowest BCUT2D eigenvalue weighted by Gasteiger charge is -2.43. The summed E-state index contributed by atoms with van der Waals surface area (Å²) in [4.78, 5) is 0. The second-order valence-corrected chi connectivity index (χ2v) is 25.8. The van der Waals surface area contributed by atoms with Crippen LogP contribution < -0.4 is 0 Å². The van der Waals surface area contributed by atoms with Gasteiger partial charge in [-0.05, 0) is 0 Å². The van der Waals surface area contributed by atoms with E-state index in [0.29, 0.717) is 0 Å². The van der Waals surface area contributed by atoms with Gasteiger partial charge in [0.1, 0.15) is 224 Å². The fraction of sp³-hybridized carbons (Fsp3) is 1.00. The van der Waals surface area contributed by atoms with Crippen LogP contribution >= 0.6 is 0 Å². The summed E-state index contributed by atoms with van der Waals surface area (Å²) in [5, 5.41) is 316. The molecule has 9 aliphatic heterocycles. The van der Waals surface area contributed by atoms with Gasteiger partial charge in [0.15, 0.2) is 0 Å². The molecule has 0 aromatic carbocycles. The molecule has 9 aliphatic rings. The molecule has 100 heavy (non-hydrogen) atoms. The molecule has 9 rings (SSSR count). The summed E-state index contributed by atoms with van der Waals surface area (Å²) in [5.74, 6) is -26.9. The largest absolute Gasteiger partial charge is 0.394 e. The molecule has 0 amide bonds. The molecule has 0 bridgehead atoms. The number of aliphatic hydroxyl groups excluding tert-OH is 28. The molecule has 9 heterocycles. The zero-order valence-electron chi connectivity index (χ0n) is 52.7. The van der Waals surface area contributed by atoms with Crippen LogP contribution in [0, 0.1) is 0 Å². The molecule has 0 aromatic heterocycles. The third kappa shape index (κ3) is 14.4. The van der Waals surface area contributed by atoms with E-state index in [1.165, 1.54) is 0 Å². The second kappa shape index (κ2) is 31.8. The summed E-state index contributed by atoms with van der Waals surface area (Å²) in [6, 6.07) is 0. The molecule has 9 saturated heterocycles. The number of ether oxygens (including phenoxy) is 17. The van der Waals surface area contributed by atoms with E-state index in [-0.39, 0.29) is 0 Å². The molecule has 46 nitrogen and oxygen atoms in total. The van der Waals surface area contributed by atoms with Gasteiger partial charge in [0.2, 0.25) is 52.1 Å². The van der Waals surface area contributed by atoms with Crippen LogP contribution in [-0.2, 0) is 80.5 Å². The van der Waals surface area contributed by atoms with Crippen molar-refractivity contribution in [3.63, 3.8) is 0 Å². The molecule has 46 heteroatoms. The summed E-state index contributed by atoms with van der Waals surface area (Å²) >= 11 is 0. The van der Waals surface area contributed by atoms with E-state index in [1.807, 2.05) is 0 Å². The minimum Gasteiger partial charge on any atom is -0.394 e. The Bertz CT molecular complexity index is 2620. The summed E-state index contributed by atoms with van der Waals surface area (Å²) in [7, 11) is 0. The van der Waals surface area contributed by atoms with Crippen molar-refractivity contribution in [2.75, 3.05) is 119 Å². The number of aliphatic hydroxyl groups is 29. The highest BCUT2D eigenvalue weighted by atomic mass is 16.9. The Kier molecular flexibility index (Phi) is 26.1. The zero-order valence-corrected chi connectivity index (χ0v) is 52.7. The molecule has 0 saturated carbocycles.